The van der Waals surface area contributed by atoms with E-state index in [2.05, 4.69) is 5.32 Å². The molecular formula is C17H18ClNO4. The fourth-order valence-electron chi connectivity index (χ4n) is 2.05. The Labute approximate surface area is 140 Å². The lowest BCUT2D eigenvalue weighted by molar-refractivity contribution is 0.0940. The lowest BCUT2D eigenvalue weighted by Crippen LogP contribution is -2.28. The second kappa shape index (κ2) is 8.29. The van der Waals surface area contributed by atoms with Gasteiger partial charge in [0, 0.05) is 0 Å². The largest absolute Gasteiger partial charge is 0.496 e. The third kappa shape index (κ3) is 4.29. The van der Waals surface area contributed by atoms with Gasteiger partial charge in [-0.25, -0.2) is 0 Å². The Bertz CT molecular complexity index is 653. The van der Waals surface area contributed by atoms with Crippen LogP contribution in [0.1, 0.15) is 10.4 Å². The smallest absolute Gasteiger partial charge is 0.258 e. The van der Waals surface area contributed by atoms with Crippen molar-refractivity contribution in [2.45, 2.75) is 0 Å². The highest BCUT2D eigenvalue weighted by molar-refractivity contribution is 6.32. The van der Waals surface area contributed by atoms with E-state index in [1.807, 2.05) is 12.1 Å². The van der Waals surface area contributed by atoms with Gasteiger partial charge >= 0.3 is 0 Å². The Hall–Kier alpha value is -2.40. The van der Waals surface area contributed by atoms with Crippen LogP contribution in [0.25, 0.3) is 0 Å². The van der Waals surface area contributed by atoms with Crippen molar-refractivity contribution in [2.24, 2.45) is 0 Å². The van der Waals surface area contributed by atoms with Gasteiger partial charge < -0.3 is 19.5 Å². The van der Waals surface area contributed by atoms with E-state index in [-0.39, 0.29) is 5.91 Å². The minimum atomic E-state index is -0.290. The summed E-state index contributed by atoms with van der Waals surface area (Å²) >= 11 is 6.00. The number of hydrogen-bond acceptors (Lipinski definition) is 4. The van der Waals surface area contributed by atoms with Crippen LogP contribution in [-0.4, -0.2) is 33.3 Å². The van der Waals surface area contributed by atoms with E-state index in [1.54, 1.807) is 30.3 Å². The van der Waals surface area contributed by atoms with Gasteiger partial charge in [0.25, 0.3) is 5.91 Å². The van der Waals surface area contributed by atoms with Gasteiger partial charge in [-0.15, -0.1) is 0 Å². The van der Waals surface area contributed by atoms with E-state index in [0.717, 1.165) is 0 Å². The van der Waals surface area contributed by atoms with E-state index in [9.17, 15) is 4.79 Å². The van der Waals surface area contributed by atoms with E-state index >= 15 is 0 Å². The number of nitrogens with one attached hydrogen (secondary N) is 1. The summed E-state index contributed by atoms with van der Waals surface area (Å²) < 4.78 is 15.9. The fourth-order valence-corrected chi connectivity index (χ4v) is 2.24. The van der Waals surface area contributed by atoms with Crippen LogP contribution in [0.3, 0.4) is 0 Å². The van der Waals surface area contributed by atoms with Crippen molar-refractivity contribution < 1.29 is 19.0 Å². The molecule has 0 fully saturated rings. The molecule has 0 bridgehead atoms. The van der Waals surface area contributed by atoms with E-state index in [0.29, 0.717) is 41.0 Å². The third-order valence-electron chi connectivity index (χ3n) is 3.14. The van der Waals surface area contributed by atoms with Gasteiger partial charge in [0.2, 0.25) is 0 Å². The molecule has 0 spiro atoms. The molecule has 0 aliphatic rings. The number of rotatable bonds is 7. The normalized spacial score (nSPS) is 10.0. The zero-order valence-corrected chi connectivity index (χ0v) is 13.7. The molecule has 0 unspecified atom stereocenters. The number of ether oxygens (including phenoxy) is 3. The predicted octanol–water partition coefficient (Wildman–Crippen LogP) is 3.17. The molecule has 0 aliphatic carbocycles. The zero-order chi connectivity index (χ0) is 16.7. The first-order valence-electron chi connectivity index (χ1n) is 7.04. The van der Waals surface area contributed by atoms with Gasteiger partial charge in [-0.2, -0.15) is 0 Å². The minimum Gasteiger partial charge on any atom is -0.496 e. The molecule has 0 radical (unpaired) electrons. The van der Waals surface area contributed by atoms with E-state index < -0.39 is 0 Å². The number of methoxy groups -OCH3 is 2. The first-order valence-corrected chi connectivity index (χ1v) is 7.41. The SMILES string of the molecule is COc1cccc(OC)c1C(=O)NCCOc1ccccc1Cl. The summed E-state index contributed by atoms with van der Waals surface area (Å²) in [6.07, 6.45) is 0. The molecule has 0 atom stereocenters. The van der Waals surface area contributed by atoms with Crippen molar-refractivity contribution in [2.75, 3.05) is 27.4 Å². The average Bonchev–Trinajstić information content (AvgIpc) is 2.59. The minimum absolute atomic E-state index is 0.290. The average molecular weight is 336 g/mol. The molecule has 0 saturated heterocycles. The molecule has 0 saturated carbocycles. The molecule has 122 valence electrons. The number of benzene rings is 2. The molecule has 0 aromatic heterocycles. The van der Waals surface area contributed by atoms with Crippen molar-refractivity contribution in [1.29, 1.82) is 0 Å². The Morgan fingerprint density at radius 1 is 1.00 bits per heavy atom. The third-order valence-corrected chi connectivity index (χ3v) is 3.45. The standard InChI is InChI=1S/C17H18ClNO4/c1-21-14-8-5-9-15(22-2)16(14)17(20)19-10-11-23-13-7-4-3-6-12(13)18/h3-9H,10-11H2,1-2H3,(H,19,20). The van der Waals surface area contributed by atoms with Crippen LogP contribution in [0, 0.1) is 0 Å². The number of hydrogen-bond donors (Lipinski definition) is 1. The van der Waals surface area contributed by atoms with Crippen molar-refractivity contribution in [1.82, 2.24) is 5.32 Å². The highest BCUT2D eigenvalue weighted by Crippen LogP contribution is 2.28. The molecule has 2 aromatic carbocycles. The molecule has 0 heterocycles. The second-order valence-electron chi connectivity index (χ2n) is 4.57. The maximum Gasteiger partial charge on any atom is 0.258 e. The summed E-state index contributed by atoms with van der Waals surface area (Å²) in [5.74, 6) is 1.20. The number of carbonyl (C=O) groups excluding carboxylic acids is 1. The van der Waals surface area contributed by atoms with Crippen molar-refractivity contribution >= 4 is 17.5 Å². The quantitative estimate of drug-likeness (QED) is 0.790. The first kappa shape index (κ1) is 17.0. The molecule has 1 N–H and O–H groups in total. The molecule has 5 nitrogen and oxygen atoms in total. The molecule has 0 aliphatic heterocycles. The van der Waals surface area contributed by atoms with E-state index in [4.69, 9.17) is 25.8 Å². The predicted molar refractivity (Wildman–Crippen MR) is 88.8 cm³/mol. The summed E-state index contributed by atoms with van der Waals surface area (Å²) in [7, 11) is 3.01. The zero-order valence-electron chi connectivity index (χ0n) is 13.0. The van der Waals surface area contributed by atoms with Gasteiger partial charge in [-0.05, 0) is 24.3 Å². The van der Waals surface area contributed by atoms with Crippen LogP contribution in [0.4, 0.5) is 0 Å². The van der Waals surface area contributed by atoms with Gasteiger partial charge in [0.05, 0.1) is 25.8 Å². The van der Waals surface area contributed by atoms with Crippen molar-refractivity contribution in [3.05, 3.63) is 53.1 Å². The van der Waals surface area contributed by atoms with E-state index in [1.165, 1.54) is 14.2 Å². The Balaban J connectivity index is 1.94. The number of amides is 1. The van der Waals surface area contributed by atoms with Gasteiger partial charge in [-0.3, -0.25) is 4.79 Å². The molecule has 23 heavy (non-hydrogen) atoms. The molecule has 2 aromatic rings. The molecule has 6 heteroatoms. The molecule has 1 amide bonds. The number of para-hydroxylation sites is 1. The van der Waals surface area contributed by atoms with Crippen LogP contribution >= 0.6 is 11.6 Å². The van der Waals surface area contributed by atoms with Gasteiger partial charge in [0.1, 0.15) is 29.4 Å². The Morgan fingerprint density at radius 2 is 1.61 bits per heavy atom. The summed E-state index contributed by atoms with van der Waals surface area (Å²) in [4.78, 5) is 12.3. The van der Waals surface area contributed by atoms with Crippen LogP contribution in [0.2, 0.25) is 5.02 Å². The van der Waals surface area contributed by atoms with Crippen LogP contribution in [0.5, 0.6) is 17.2 Å². The summed E-state index contributed by atoms with van der Waals surface area (Å²) in [5, 5.41) is 3.30. The Morgan fingerprint density at radius 3 is 2.22 bits per heavy atom. The van der Waals surface area contributed by atoms with Crippen LogP contribution < -0.4 is 19.5 Å². The second-order valence-corrected chi connectivity index (χ2v) is 4.98. The topological polar surface area (TPSA) is 56.8 Å². The maximum atomic E-state index is 12.3. The summed E-state index contributed by atoms with van der Waals surface area (Å²) in [6.45, 7) is 0.623. The highest BCUT2D eigenvalue weighted by Gasteiger charge is 2.17. The highest BCUT2D eigenvalue weighted by atomic mass is 35.5. The van der Waals surface area contributed by atoms with Crippen LogP contribution in [-0.2, 0) is 0 Å². The van der Waals surface area contributed by atoms with Gasteiger partial charge in [0.15, 0.2) is 0 Å². The van der Waals surface area contributed by atoms with Crippen molar-refractivity contribution in [3.63, 3.8) is 0 Å². The summed E-state index contributed by atoms with van der Waals surface area (Å²) in [5.41, 5.74) is 0.357. The monoisotopic (exact) mass is 335 g/mol. The van der Waals surface area contributed by atoms with Crippen LogP contribution in [0.15, 0.2) is 42.5 Å². The molecular weight excluding hydrogens is 318 g/mol. The van der Waals surface area contributed by atoms with Gasteiger partial charge in [-0.1, -0.05) is 29.8 Å². The maximum absolute atomic E-state index is 12.3. The molecule has 2 rings (SSSR count). The lowest BCUT2D eigenvalue weighted by Gasteiger charge is -2.13. The Kier molecular flexibility index (Phi) is 6.11. The summed E-state index contributed by atoms with van der Waals surface area (Å²) in [6, 6.07) is 12.3. The number of halogens is 1. The first-order chi connectivity index (χ1) is 11.2. The lowest BCUT2D eigenvalue weighted by atomic mass is 10.1. The fraction of sp³-hybridized carbons (Fsp3) is 0.235. The number of carbonyl (C=O) groups is 1. The van der Waals surface area contributed by atoms with Crippen molar-refractivity contribution in [3.8, 4) is 17.2 Å².